The number of ether oxygens (including phenoxy) is 2. The molecule has 0 fully saturated rings. The van der Waals surface area contributed by atoms with Gasteiger partial charge in [-0.2, -0.15) is 0 Å². The first-order valence-electron chi connectivity index (χ1n) is 17.3. The summed E-state index contributed by atoms with van der Waals surface area (Å²) in [6, 6.07) is 35.8. The van der Waals surface area contributed by atoms with Crippen molar-refractivity contribution in [2.45, 2.75) is 36.9 Å². The van der Waals surface area contributed by atoms with Crippen LogP contribution in [0.3, 0.4) is 0 Å². The molecule has 15 heteroatoms. The van der Waals surface area contributed by atoms with Gasteiger partial charge in [-0.15, -0.1) is 0 Å². The summed E-state index contributed by atoms with van der Waals surface area (Å²) in [6.45, 7) is 0. The number of hydrogen-bond donors (Lipinski definition) is 4. The van der Waals surface area contributed by atoms with Gasteiger partial charge in [-0.05, 0) is 35.9 Å². The van der Waals surface area contributed by atoms with Gasteiger partial charge < -0.3 is 24.8 Å². The Kier molecular flexibility index (Phi) is 16.7. The van der Waals surface area contributed by atoms with Crippen molar-refractivity contribution in [1.82, 2.24) is 4.84 Å². The molecule has 0 aliphatic carbocycles. The van der Waals surface area contributed by atoms with Gasteiger partial charge >= 0.3 is 17.9 Å². The number of Topliss-reactive ketones (excluding diaryl/α,β-unsaturated/α-hetero) is 4. The molecule has 0 amide bonds. The molecule has 2 unspecified atom stereocenters. The zero-order valence-electron chi connectivity index (χ0n) is 30.2. The fourth-order valence-electron chi connectivity index (χ4n) is 5.34. The summed E-state index contributed by atoms with van der Waals surface area (Å²) >= 11 is 11.0. The van der Waals surface area contributed by atoms with Gasteiger partial charge in [0.1, 0.15) is 6.04 Å². The summed E-state index contributed by atoms with van der Waals surface area (Å²) in [5.41, 5.74) is 0.852. The first-order valence-corrected chi connectivity index (χ1v) is 18.0. The Morgan fingerprint density at radius 1 is 0.466 bits per heavy atom. The lowest BCUT2D eigenvalue weighted by Crippen LogP contribution is -2.51. The van der Waals surface area contributed by atoms with Crippen LogP contribution in [0, 0.1) is 0 Å². The van der Waals surface area contributed by atoms with Gasteiger partial charge in [-0.1, -0.05) is 145 Å². The maximum absolute atomic E-state index is 13.5. The number of carbonyl (C=O) groups excluding carboxylic acids is 4. The van der Waals surface area contributed by atoms with Gasteiger partial charge in [-0.3, -0.25) is 24.0 Å². The van der Waals surface area contributed by atoms with Crippen molar-refractivity contribution in [2.75, 3.05) is 0 Å². The number of hydrogen-bond acceptors (Lipinski definition) is 10. The molecule has 3 atom stereocenters. The molecule has 298 valence electrons. The number of benzene rings is 5. The Balaban J connectivity index is 0.000000448. The van der Waals surface area contributed by atoms with E-state index in [2.05, 4.69) is 4.84 Å². The number of carboxylic acids is 3. The van der Waals surface area contributed by atoms with Crippen molar-refractivity contribution in [3.63, 3.8) is 0 Å². The van der Waals surface area contributed by atoms with Crippen LogP contribution in [-0.2, 0) is 30.3 Å². The minimum absolute atomic E-state index is 0.00454. The van der Waals surface area contributed by atoms with Gasteiger partial charge in [0.15, 0.2) is 47.5 Å². The van der Waals surface area contributed by atoms with E-state index in [0.717, 1.165) is 5.56 Å². The van der Waals surface area contributed by atoms with Crippen molar-refractivity contribution in [1.29, 1.82) is 0 Å². The van der Waals surface area contributed by atoms with Crippen LogP contribution in [0.4, 0.5) is 0 Å². The molecule has 0 spiro atoms. The fourth-order valence-corrected chi connectivity index (χ4v) is 5.64. The van der Waals surface area contributed by atoms with Crippen molar-refractivity contribution >= 4 is 64.4 Å². The Bertz CT molecular complexity index is 1960. The summed E-state index contributed by atoms with van der Waals surface area (Å²) in [5.74, 6) is -8.56. The smallest absolute Gasteiger partial charge is 0.336 e. The number of carbonyl (C=O) groups is 7. The van der Waals surface area contributed by atoms with Crippen molar-refractivity contribution in [3.05, 3.63) is 178 Å². The predicted molar refractivity (Wildman–Crippen MR) is 211 cm³/mol. The van der Waals surface area contributed by atoms with Gasteiger partial charge in [0, 0.05) is 27.3 Å². The lowest BCUT2D eigenvalue weighted by atomic mass is 9.97. The molecular weight excluding hydrogens is 793 g/mol. The van der Waals surface area contributed by atoms with E-state index in [1.807, 2.05) is 0 Å². The molecule has 5 aromatic carbocycles. The van der Waals surface area contributed by atoms with Crippen molar-refractivity contribution in [2.24, 2.45) is 0 Å². The molecule has 0 saturated carbocycles. The molecule has 0 heterocycles. The molecule has 5 rings (SSSR count). The summed E-state index contributed by atoms with van der Waals surface area (Å²) in [5, 5.41) is 29.6. The van der Waals surface area contributed by atoms with E-state index < -0.39 is 71.5 Å². The van der Waals surface area contributed by atoms with Gasteiger partial charge in [-0.25, -0.2) is 14.4 Å². The molecule has 13 nitrogen and oxygen atoms in total. The topological polar surface area (TPSA) is 211 Å². The Morgan fingerprint density at radius 3 is 1.00 bits per heavy atom. The average Bonchev–Trinajstić information content (AvgIpc) is 3.25. The molecular formula is C43H35Cl2NO12. The minimum Gasteiger partial charge on any atom is -0.480 e. The lowest BCUT2D eigenvalue weighted by Gasteiger charge is -2.27. The molecule has 5 aromatic rings. The first-order chi connectivity index (χ1) is 27.8. The molecule has 0 radical (unpaired) electrons. The normalized spacial score (nSPS) is 12.3. The van der Waals surface area contributed by atoms with Crippen LogP contribution in [0.5, 0.6) is 0 Å². The highest BCUT2D eigenvalue weighted by Crippen LogP contribution is 2.22. The van der Waals surface area contributed by atoms with E-state index in [-0.39, 0.29) is 22.3 Å². The van der Waals surface area contributed by atoms with Crippen molar-refractivity contribution < 1.29 is 58.4 Å². The highest BCUT2D eigenvalue weighted by Gasteiger charge is 2.45. The number of rotatable bonds is 19. The highest BCUT2D eigenvalue weighted by atomic mass is 35.5. The molecule has 0 aromatic heterocycles. The quantitative estimate of drug-likeness (QED) is 0.0411. The third-order valence-electron chi connectivity index (χ3n) is 8.30. The summed E-state index contributed by atoms with van der Waals surface area (Å²) in [4.78, 5) is 91.8. The zero-order chi connectivity index (χ0) is 42.2. The number of nitrogens with one attached hydrogen (secondary N) is 1. The molecule has 0 aliphatic rings. The van der Waals surface area contributed by atoms with Gasteiger partial charge in [0.2, 0.25) is 0 Å². The summed E-state index contributed by atoms with van der Waals surface area (Å²) < 4.78 is 11.0. The van der Waals surface area contributed by atoms with Crippen LogP contribution in [-0.4, -0.2) is 86.8 Å². The van der Waals surface area contributed by atoms with Crippen LogP contribution in [0.2, 0.25) is 5.02 Å². The Morgan fingerprint density at radius 2 is 0.759 bits per heavy atom. The number of ketones is 4. The molecule has 4 N–H and O–H groups in total. The fraction of sp³-hybridized carbons (Fsp3) is 0.140. The van der Waals surface area contributed by atoms with E-state index in [4.69, 9.17) is 38.0 Å². The van der Waals surface area contributed by atoms with Gasteiger partial charge in [0.05, 0.1) is 0 Å². The zero-order valence-corrected chi connectivity index (χ0v) is 31.7. The minimum atomic E-state index is -2.51. The number of aliphatic carboxylic acids is 3. The largest absolute Gasteiger partial charge is 0.480 e. The number of carboxylic acid groups (broad SMARTS) is 3. The highest BCUT2D eigenvalue weighted by molar-refractivity contribution is 6.30. The Hall–Kier alpha value is -6.35. The monoisotopic (exact) mass is 827 g/mol. The number of halogens is 2. The molecule has 58 heavy (non-hydrogen) atoms. The summed E-state index contributed by atoms with van der Waals surface area (Å²) in [7, 11) is 0. The SMILES string of the molecule is O=C(O)[C@@H](Cc1ccc(Cl)cc1)NCl.O=C(c1ccccc1)C(OC(C(=O)O)C(OC(C(=O)c1ccccc1)C(=O)c1ccccc1)C(=O)O)C(=O)c1ccccc1. The van der Waals surface area contributed by atoms with Crippen LogP contribution in [0.15, 0.2) is 146 Å². The van der Waals surface area contributed by atoms with Crippen LogP contribution >= 0.6 is 23.4 Å². The van der Waals surface area contributed by atoms with Crippen molar-refractivity contribution in [3.8, 4) is 0 Å². The van der Waals surface area contributed by atoms with Crippen LogP contribution in [0.25, 0.3) is 0 Å². The average molecular weight is 829 g/mol. The Labute approximate surface area is 341 Å². The predicted octanol–water partition coefficient (Wildman–Crippen LogP) is 6.27. The second kappa shape index (κ2) is 21.8. The maximum Gasteiger partial charge on any atom is 0.336 e. The standard InChI is InChI=1S/C34H26O10.C9H9Cl2NO2/c35-25(21-13-5-1-6-14-21)29(26(36)22-15-7-2-8-16-22)43-31(33(39)40)32(34(41)42)44-30(27(37)23-17-9-3-10-18-23)28(38)24-19-11-4-12-20-24;10-7-3-1-6(2-4-7)5-8(12-11)9(13)14/h1-20,29-32H,(H,39,40)(H,41,42);1-4,8,12H,5H2,(H,13,14)/t;8-/m.1/s1. The second-order valence-corrected chi connectivity index (χ2v) is 13.0. The molecule has 0 aliphatic heterocycles. The van der Waals surface area contributed by atoms with E-state index in [1.165, 1.54) is 97.1 Å². The van der Waals surface area contributed by atoms with E-state index >= 15 is 0 Å². The summed E-state index contributed by atoms with van der Waals surface area (Å²) in [6.07, 6.45) is -8.91. The van der Waals surface area contributed by atoms with E-state index in [0.29, 0.717) is 11.4 Å². The van der Waals surface area contributed by atoms with E-state index in [9.17, 15) is 43.8 Å². The van der Waals surface area contributed by atoms with E-state index in [1.54, 1.807) is 48.5 Å². The third-order valence-corrected chi connectivity index (χ3v) is 8.81. The third kappa shape index (κ3) is 12.3. The maximum atomic E-state index is 13.5. The molecule has 0 bridgehead atoms. The lowest BCUT2D eigenvalue weighted by molar-refractivity contribution is -0.179. The van der Waals surface area contributed by atoms with Crippen LogP contribution < -0.4 is 4.84 Å². The molecule has 0 saturated heterocycles. The first kappa shape index (κ1) is 44.4. The van der Waals surface area contributed by atoms with Gasteiger partial charge in [0.25, 0.3) is 0 Å². The second-order valence-electron chi connectivity index (χ2n) is 12.3. The van der Waals surface area contributed by atoms with Crippen LogP contribution in [0.1, 0.15) is 47.0 Å².